The van der Waals surface area contributed by atoms with Crippen LogP contribution >= 0.6 is 63.4 Å². The maximum atomic E-state index is 8.30. The zero-order chi connectivity index (χ0) is 15.1. The number of alkyl halides is 1. The van der Waals surface area contributed by atoms with Gasteiger partial charge in [0.05, 0.1) is 10.0 Å². The van der Waals surface area contributed by atoms with Gasteiger partial charge in [-0.15, -0.1) is 17.0 Å². The van der Waals surface area contributed by atoms with Crippen LogP contribution in [-0.4, -0.2) is 10.7 Å². The number of fused-ring (bicyclic) bond motifs is 1. The second-order valence-corrected chi connectivity index (χ2v) is 6.39. The molecule has 1 N–H and O–H groups in total. The van der Waals surface area contributed by atoms with Gasteiger partial charge in [-0.2, -0.15) is 0 Å². The standard InChI is InChI=1S/C15H10Cl4N2.BrH/c16-11-4-2-1-3-9(11)14(19)21-7-8-5-12(17)13(18)6-10(8)15(21)20;/h1-6,14,20H,7H2;1H. The molecule has 0 fully saturated rings. The van der Waals surface area contributed by atoms with Gasteiger partial charge in [0.25, 0.3) is 0 Å². The van der Waals surface area contributed by atoms with Gasteiger partial charge >= 0.3 is 0 Å². The first-order valence-electron chi connectivity index (χ1n) is 6.21. The summed E-state index contributed by atoms with van der Waals surface area (Å²) in [6.45, 7) is 0.504. The van der Waals surface area contributed by atoms with Crippen molar-refractivity contribution < 1.29 is 0 Å². The van der Waals surface area contributed by atoms with Gasteiger partial charge in [0.1, 0.15) is 11.3 Å². The van der Waals surface area contributed by atoms with Gasteiger partial charge in [-0.3, -0.25) is 5.41 Å². The first kappa shape index (κ1) is 17.9. The van der Waals surface area contributed by atoms with Crippen molar-refractivity contribution >= 4 is 69.2 Å². The maximum absolute atomic E-state index is 8.30. The smallest absolute Gasteiger partial charge is 0.132 e. The normalized spacial score (nSPS) is 14.5. The summed E-state index contributed by atoms with van der Waals surface area (Å²) in [7, 11) is 0. The lowest BCUT2D eigenvalue weighted by molar-refractivity contribution is 0.405. The number of nitrogens with zero attached hydrogens (tertiary/aromatic N) is 1. The molecule has 1 aliphatic rings. The lowest BCUT2D eigenvalue weighted by Crippen LogP contribution is -2.26. The fourth-order valence-electron chi connectivity index (χ4n) is 2.39. The molecule has 0 bridgehead atoms. The molecule has 2 aromatic carbocycles. The number of halogens is 5. The molecule has 0 aromatic heterocycles. The van der Waals surface area contributed by atoms with Gasteiger partial charge < -0.3 is 4.90 Å². The molecule has 2 aromatic rings. The lowest BCUT2D eigenvalue weighted by atomic mass is 10.1. The topological polar surface area (TPSA) is 27.1 Å². The number of benzene rings is 2. The Morgan fingerprint density at radius 3 is 2.32 bits per heavy atom. The van der Waals surface area contributed by atoms with Crippen LogP contribution in [0.4, 0.5) is 0 Å². The minimum Gasteiger partial charge on any atom is -0.332 e. The Morgan fingerprint density at radius 2 is 1.64 bits per heavy atom. The van der Waals surface area contributed by atoms with Gasteiger partial charge in [0.2, 0.25) is 0 Å². The largest absolute Gasteiger partial charge is 0.332 e. The number of rotatable bonds is 2. The summed E-state index contributed by atoms with van der Waals surface area (Å²) in [6.07, 6.45) is 0. The molecular formula is C15H11BrCl4N2. The summed E-state index contributed by atoms with van der Waals surface area (Å²) in [5, 5.41) is 9.80. The minimum atomic E-state index is -0.517. The summed E-state index contributed by atoms with van der Waals surface area (Å²) in [5.74, 6) is 0.323. The van der Waals surface area contributed by atoms with E-state index in [1.807, 2.05) is 18.2 Å². The number of hydrogen-bond acceptors (Lipinski definition) is 1. The van der Waals surface area contributed by atoms with E-state index in [0.29, 0.717) is 27.4 Å². The van der Waals surface area contributed by atoms with Crippen LogP contribution in [0.2, 0.25) is 15.1 Å². The maximum Gasteiger partial charge on any atom is 0.132 e. The Morgan fingerprint density at radius 1 is 1.00 bits per heavy atom. The van der Waals surface area contributed by atoms with Gasteiger partial charge in [0, 0.05) is 22.7 Å². The van der Waals surface area contributed by atoms with Crippen LogP contribution in [0.3, 0.4) is 0 Å². The monoisotopic (exact) mass is 438 g/mol. The van der Waals surface area contributed by atoms with Crippen LogP contribution in [-0.2, 0) is 6.54 Å². The second-order valence-electron chi connectivity index (χ2n) is 4.76. The van der Waals surface area contributed by atoms with Crippen LogP contribution in [0.25, 0.3) is 0 Å². The third kappa shape index (κ3) is 3.10. The van der Waals surface area contributed by atoms with Crippen LogP contribution in [0.1, 0.15) is 22.2 Å². The molecule has 0 amide bonds. The summed E-state index contributed by atoms with van der Waals surface area (Å²) < 4.78 is 0. The van der Waals surface area contributed by atoms with Gasteiger partial charge in [-0.1, -0.05) is 64.6 Å². The van der Waals surface area contributed by atoms with Crippen molar-refractivity contribution in [1.29, 1.82) is 5.41 Å². The SMILES string of the molecule is Br.N=C1c2cc(Cl)c(Cl)cc2CN1C(Cl)c1ccccc1Cl. The molecule has 0 saturated carbocycles. The average molecular weight is 441 g/mol. The Bertz CT molecular complexity index is 735. The van der Waals surface area contributed by atoms with Crippen LogP contribution < -0.4 is 0 Å². The molecule has 22 heavy (non-hydrogen) atoms. The summed E-state index contributed by atoms with van der Waals surface area (Å²) >= 11 is 24.8. The Balaban J connectivity index is 0.00000176. The van der Waals surface area contributed by atoms with Gasteiger partial charge in [0.15, 0.2) is 0 Å². The van der Waals surface area contributed by atoms with E-state index in [-0.39, 0.29) is 17.0 Å². The van der Waals surface area contributed by atoms with Crippen molar-refractivity contribution in [2.24, 2.45) is 0 Å². The summed E-state index contributed by atoms with van der Waals surface area (Å²) in [6, 6.07) is 10.8. The Kier molecular flexibility index (Phi) is 5.68. The average Bonchev–Trinajstić information content (AvgIpc) is 2.76. The van der Waals surface area contributed by atoms with E-state index in [9.17, 15) is 0 Å². The van der Waals surface area contributed by atoms with Crippen molar-refractivity contribution in [3.63, 3.8) is 0 Å². The molecule has 0 aliphatic carbocycles. The Labute approximate surface area is 159 Å². The van der Waals surface area contributed by atoms with E-state index < -0.39 is 5.50 Å². The number of amidine groups is 1. The highest BCUT2D eigenvalue weighted by atomic mass is 79.9. The highest BCUT2D eigenvalue weighted by Gasteiger charge is 2.31. The van der Waals surface area contributed by atoms with E-state index in [1.165, 1.54) is 0 Å². The van der Waals surface area contributed by atoms with E-state index in [1.54, 1.807) is 23.1 Å². The Hall–Kier alpha value is -0.450. The molecular weight excluding hydrogens is 430 g/mol. The van der Waals surface area contributed by atoms with Crippen molar-refractivity contribution in [3.8, 4) is 0 Å². The van der Waals surface area contributed by atoms with E-state index >= 15 is 0 Å². The first-order chi connectivity index (χ1) is 9.99. The number of hydrogen-bond donors (Lipinski definition) is 1. The van der Waals surface area contributed by atoms with E-state index in [0.717, 1.165) is 16.7 Å². The fourth-order valence-corrected chi connectivity index (χ4v) is 3.39. The number of nitrogens with one attached hydrogen (secondary N) is 1. The first-order valence-corrected chi connectivity index (χ1v) is 7.78. The molecule has 2 nitrogen and oxygen atoms in total. The zero-order valence-electron chi connectivity index (χ0n) is 11.1. The molecule has 0 spiro atoms. The van der Waals surface area contributed by atoms with Crippen molar-refractivity contribution in [2.45, 2.75) is 12.0 Å². The predicted molar refractivity (Wildman–Crippen MR) is 99.2 cm³/mol. The van der Waals surface area contributed by atoms with Gasteiger partial charge in [-0.25, -0.2) is 0 Å². The molecule has 0 radical (unpaired) electrons. The van der Waals surface area contributed by atoms with Crippen LogP contribution in [0.5, 0.6) is 0 Å². The zero-order valence-corrected chi connectivity index (χ0v) is 15.9. The van der Waals surface area contributed by atoms with Crippen molar-refractivity contribution in [1.82, 2.24) is 4.90 Å². The third-order valence-electron chi connectivity index (χ3n) is 3.46. The second kappa shape index (κ2) is 6.98. The predicted octanol–water partition coefficient (Wildman–Crippen LogP) is 6.30. The summed E-state index contributed by atoms with van der Waals surface area (Å²) in [4.78, 5) is 1.76. The highest BCUT2D eigenvalue weighted by molar-refractivity contribution is 8.93. The molecule has 7 heteroatoms. The molecule has 116 valence electrons. The van der Waals surface area contributed by atoms with E-state index in [4.69, 9.17) is 51.8 Å². The molecule has 0 saturated heterocycles. The van der Waals surface area contributed by atoms with Crippen molar-refractivity contribution in [3.05, 3.63) is 68.2 Å². The summed E-state index contributed by atoms with van der Waals surface area (Å²) in [5.41, 5.74) is 1.95. The lowest BCUT2D eigenvalue weighted by Gasteiger charge is -2.25. The van der Waals surface area contributed by atoms with Gasteiger partial charge in [-0.05, 0) is 23.8 Å². The quantitative estimate of drug-likeness (QED) is 0.430. The molecule has 3 rings (SSSR count). The molecule has 1 unspecified atom stereocenters. The molecule has 1 heterocycles. The fraction of sp³-hybridized carbons (Fsp3) is 0.133. The van der Waals surface area contributed by atoms with Crippen LogP contribution in [0, 0.1) is 5.41 Å². The van der Waals surface area contributed by atoms with E-state index in [2.05, 4.69) is 0 Å². The minimum absolute atomic E-state index is 0. The molecule has 1 aliphatic heterocycles. The third-order valence-corrected chi connectivity index (χ3v) is 5.00. The van der Waals surface area contributed by atoms with Crippen LogP contribution in [0.15, 0.2) is 36.4 Å². The molecule has 1 atom stereocenters. The van der Waals surface area contributed by atoms with Crippen molar-refractivity contribution in [2.75, 3.05) is 0 Å². The highest BCUT2D eigenvalue weighted by Crippen LogP contribution is 2.38.